The molecule has 1 N–H and O–H groups in total. The number of sulfonamides is 1. The van der Waals surface area contributed by atoms with E-state index < -0.39 is 27.4 Å². The van der Waals surface area contributed by atoms with Crippen LogP contribution < -0.4 is 14.8 Å². The van der Waals surface area contributed by atoms with Crippen molar-refractivity contribution in [3.63, 3.8) is 0 Å². The van der Waals surface area contributed by atoms with Gasteiger partial charge in [0, 0.05) is 18.7 Å². The maximum Gasteiger partial charge on any atom is 0.247 e. The van der Waals surface area contributed by atoms with Crippen molar-refractivity contribution in [1.82, 2.24) is 14.5 Å². The van der Waals surface area contributed by atoms with Crippen molar-refractivity contribution < 1.29 is 27.5 Å². The number of nitrogens with one attached hydrogen (secondary N) is 1. The van der Waals surface area contributed by atoms with Gasteiger partial charge < -0.3 is 19.7 Å². The molecule has 1 aliphatic rings. The molecule has 1 heterocycles. The standard InChI is InChI=1S/C23H29N3O6S/c1-23(22(28)24-13-17-9-6-5-7-10-17)16-25(33(4,29)30)15-20(27)26(23)14-18-11-8-12-19(31-2)21(18)32-3/h5-12H,13-16H2,1-4H3,(H,24,28)/t23-/m1/s1. The van der Waals surface area contributed by atoms with Gasteiger partial charge in [-0.05, 0) is 18.6 Å². The molecule has 1 saturated heterocycles. The Kier molecular flexibility index (Phi) is 7.28. The van der Waals surface area contributed by atoms with Gasteiger partial charge in [0.05, 0.1) is 33.6 Å². The lowest BCUT2D eigenvalue weighted by atomic mass is 9.94. The maximum atomic E-state index is 13.4. The zero-order valence-corrected chi connectivity index (χ0v) is 20.0. The van der Waals surface area contributed by atoms with E-state index in [4.69, 9.17) is 9.47 Å². The quantitative estimate of drug-likeness (QED) is 0.619. The van der Waals surface area contributed by atoms with Crippen molar-refractivity contribution in [2.45, 2.75) is 25.6 Å². The van der Waals surface area contributed by atoms with Gasteiger partial charge in [0.15, 0.2) is 11.5 Å². The van der Waals surface area contributed by atoms with E-state index in [1.54, 1.807) is 25.1 Å². The number of piperazine rings is 1. The summed E-state index contributed by atoms with van der Waals surface area (Å²) in [7, 11) is -0.680. The smallest absolute Gasteiger partial charge is 0.247 e. The van der Waals surface area contributed by atoms with E-state index in [0.29, 0.717) is 17.1 Å². The molecule has 2 amide bonds. The molecule has 0 unspecified atom stereocenters. The van der Waals surface area contributed by atoms with Gasteiger partial charge in [-0.25, -0.2) is 8.42 Å². The highest BCUT2D eigenvalue weighted by Crippen LogP contribution is 2.34. The predicted molar refractivity (Wildman–Crippen MR) is 123 cm³/mol. The molecule has 0 radical (unpaired) electrons. The number of hydrogen-bond donors (Lipinski definition) is 1. The van der Waals surface area contributed by atoms with Crippen LogP contribution in [0.1, 0.15) is 18.1 Å². The number of para-hydroxylation sites is 1. The lowest BCUT2D eigenvalue weighted by Gasteiger charge is -2.46. The van der Waals surface area contributed by atoms with Crippen molar-refractivity contribution >= 4 is 21.8 Å². The summed E-state index contributed by atoms with van der Waals surface area (Å²) < 4.78 is 36.4. The molecule has 0 spiro atoms. The van der Waals surface area contributed by atoms with Crippen molar-refractivity contribution in [2.75, 3.05) is 33.6 Å². The molecule has 1 fully saturated rings. The predicted octanol–water partition coefficient (Wildman–Crippen LogP) is 1.38. The molecule has 0 aliphatic carbocycles. The van der Waals surface area contributed by atoms with Gasteiger partial charge in [-0.2, -0.15) is 4.31 Å². The van der Waals surface area contributed by atoms with E-state index in [1.807, 2.05) is 30.3 Å². The second-order valence-electron chi connectivity index (χ2n) is 8.11. The first-order chi connectivity index (χ1) is 15.6. The monoisotopic (exact) mass is 475 g/mol. The Balaban J connectivity index is 1.95. The summed E-state index contributed by atoms with van der Waals surface area (Å²) in [6, 6.07) is 14.6. The van der Waals surface area contributed by atoms with Crippen molar-refractivity contribution in [3.05, 3.63) is 59.7 Å². The Labute approximate surface area is 194 Å². The number of ether oxygens (including phenoxy) is 2. The number of rotatable bonds is 8. The average molecular weight is 476 g/mol. The fraction of sp³-hybridized carbons (Fsp3) is 0.391. The van der Waals surface area contributed by atoms with Gasteiger partial charge in [-0.1, -0.05) is 42.5 Å². The van der Waals surface area contributed by atoms with Crippen LogP contribution in [-0.2, 0) is 32.7 Å². The Morgan fingerprint density at radius 1 is 1.09 bits per heavy atom. The third kappa shape index (κ3) is 5.28. The summed E-state index contributed by atoms with van der Waals surface area (Å²) in [4.78, 5) is 28.0. The summed E-state index contributed by atoms with van der Waals surface area (Å²) in [5.41, 5.74) is 0.0824. The average Bonchev–Trinajstić information content (AvgIpc) is 2.79. The summed E-state index contributed by atoms with van der Waals surface area (Å²) in [5.74, 6) is 0.0154. The normalized spacial score (nSPS) is 19.3. The molecule has 33 heavy (non-hydrogen) atoms. The highest BCUT2D eigenvalue weighted by atomic mass is 32.2. The fourth-order valence-electron chi connectivity index (χ4n) is 3.90. The first-order valence-corrected chi connectivity index (χ1v) is 12.2. The van der Waals surface area contributed by atoms with E-state index in [0.717, 1.165) is 16.1 Å². The second-order valence-corrected chi connectivity index (χ2v) is 10.1. The number of carbonyl (C=O) groups is 2. The van der Waals surface area contributed by atoms with Crippen LogP contribution in [0.2, 0.25) is 0 Å². The molecule has 2 aromatic carbocycles. The van der Waals surface area contributed by atoms with Gasteiger partial charge in [0.1, 0.15) is 5.54 Å². The van der Waals surface area contributed by atoms with E-state index in [9.17, 15) is 18.0 Å². The third-order valence-corrected chi connectivity index (χ3v) is 6.96. The fourth-order valence-corrected chi connectivity index (χ4v) is 4.74. The number of carbonyl (C=O) groups excluding carboxylic acids is 2. The number of benzene rings is 2. The molecule has 3 rings (SSSR count). The summed E-state index contributed by atoms with van der Waals surface area (Å²) in [6.45, 7) is 1.37. The molecule has 1 aliphatic heterocycles. The highest BCUT2D eigenvalue weighted by molar-refractivity contribution is 7.88. The molecule has 0 saturated carbocycles. The number of amides is 2. The van der Waals surface area contributed by atoms with Gasteiger partial charge in [-0.3, -0.25) is 9.59 Å². The molecule has 178 valence electrons. The van der Waals surface area contributed by atoms with Crippen LogP contribution in [0.25, 0.3) is 0 Å². The molecular formula is C23H29N3O6S. The topological polar surface area (TPSA) is 105 Å². The molecule has 2 aromatic rings. The van der Waals surface area contributed by atoms with Gasteiger partial charge in [0.2, 0.25) is 21.8 Å². The van der Waals surface area contributed by atoms with Crippen LogP contribution in [0, 0.1) is 0 Å². The molecule has 0 bridgehead atoms. The minimum atomic E-state index is -3.69. The van der Waals surface area contributed by atoms with Crippen LogP contribution in [0.15, 0.2) is 48.5 Å². The molecule has 0 aromatic heterocycles. The molecule has 10 heteroatoms. The van der Waals surface area contributed by atoms with Crippen molar-refractivity contribution in [1.29, 1.82) is 0 Å². The summed E-state index contributed by atoms with van der Waals surface area (Å²) in [6.07, 6.45) is 1.03. The van der Waals surface area contributed by atoms with Crippen molar-refractivity contribution in [2.24, 2.45) is 0 Å². The molecule has 1 atom stereocenters. The zero-order valence-electron chi connectivity index (χ0n) is 19.2. The van der Waals surface area contributed by atoms with E-state index in [2.05, 4.69) is 5.32 Å². The lowest BCUT2D eigenvalue weighted by Crippen LogP contribution is -2.69. The summed E-state index contributed by atoms with van der Waals surface area (Å²) >= 11 is 0. The Hall–Kier alpha value is -3.11. The van der Waals surface area contributed by atoms with E-state index in [-0.39, 0.29) is 26.2 Å². The first-order valence-electron chi connectivity index (χ1n) is 10.4. The number of methoxy groups -OCH3 is 2. The Morgan fingerprint density at radius 3 is 2.39 bits per heavy atom. The minimum Gasteiger partial charge on any atom is -0.493 e. The SMILES string of the molecule is COc1cccc(CN2C(=O)CN(S(C)(=O)=O)C[C@]2(C)C(=O)NCc2ccccc2)c1OC. The number of nitrogens with zero attached hydrogens (tertiary/aromatic N) is 2. The Morgan fingerprint density at radius 2 is 1.79 bits per heavy atom. The van der Waals surface area contributed by atoms with Gasteiger partial charge in [0.25, 0.3) is 0 Å². The largest absolute Gasteiger partial charge is 0.493 e. The van der Waals surface area contributed by atoms with E-state index >= 15 is 0 Å². The minimum absolute atomic E-state index is 0.0477. The molecule has 9 nitrogen and oxygen atoms in total. The third-order valence-electron chi connectivity index (χ3n) is 5.76. The van der Waals surface area contributed by atoms with E-state index in [1.165, 1.54) is 19.1 Å². The first kappa shape index (κ1) is 24.5. The van der Waals surface area contributed by atoms with Crippen LogP contribution in [-0.4, -0.2) is 68.5 Å². The zero-order chi connectivity index (χ0) is 24.2. The van der Waals surface area contributed by atoms with Crippen LogP contribution in [0.4, 0.5) is 0 Å². The second kappa shape index (κ2) is 9.80. The van der Waals surface area contributed by atoms with Gasteiger partial charge in [-0.15, -0.1) is 0 Å². The van der Waals surface area contributed by atoms with Crippen molar-refractivity contribution in [3.8, 4) is 11.5 Å². The van der Waals surface area contributed by atoms with Crippen LogP contribution >= 0.6 is 0 Å². The summed E-state index contributed by atoms with van der Waals surface area (Å²) in [5, 5.41) is 2.86. The van der Waals surface area contributed by atoms with Gasteiger partial charge >= 0.3 is 0 Å². The van der Waals surface area contributed by atoms with Crippen LogP contribution in [0.3, 0.4) is 0 Å². The lowest BCUT2D eigenvalue weighted by molar-refractivity contribution is -0.153. The maximum absolute atomic E-state index is 13.4. The molecular weight excluding hydrogens is 446 g/mol. The number of hydrogen-bond acceptors (Lipinski definition) is 6. The van der Waals surface area contributed by atoms with Crippen LogP contribution in [0.5, 0.6) is 11.5 Å². The highest BCUT2D eigenvalue weighted by Gasteiger charge is 2.49. The Bertz CT molecular complexity index is 1120.